The molecule has 1 fully saturated rings. The Balaban J connectivity index is 1.76. The van der Waals surface area contributed by atoms with E-state index in [9.17, 15) is 14.0 Å². The quantitative estimate of drug-likeness (QED) is 0.807. The van der Waals surface area contributed by atoms with Crippen LogP contribution in [0.25, 0.3) is 0 Å². The van der Waals surface area contributed by atoms with Crippen LogP contribution in [0.1, 0.15) is 30.9 Å². The first kappa shape index (κ1) is 18.6. The third-order valence-electron chi connectivity index (χ3n) is 4.57. The van der Waals surface area contributed by atoms with Crippen LogP contribution >= 0.6 is 0 Å². The number of rotatable bonds is 3. The second-order valence-corrected chi connectivity index (χ2v) is 6.33. The Morgan fingerprint density at radius 2 is 2.04 bits per heavy atom. The highest BCUT2D eigenvalue weighted by Gasteiger charge is 2.31. The minimum absolute atomic E-state index is 0.189. The molecule has 8 heteroatoms. The van der Waals surface area contributed by atoms with Gasteiger partial charge < -0.3 is 20.7 Å². The van der Waals surface area contributed by atoms with Crippen molar-refractivity contribution in [3.8, 4) is 5.75 Å². The molecule has 0 radical (unpaired) electrons. The van der Waals surface area contributed by atoms with Crippen LogP contribution in [0.3, 0.4) is 0 Å². The van der Waals surface area contributed by atoms with Gasteiger partial charge in [0, 0.05) is 12.6 Å². The van der Waals surface area contributed by atoms with E-state index in [1.54, 1.807) is 12.1 Å². The summed E-state index contributed by atoms with van der Waals surface area (Å²) in [6.45, 7) is 0.470. The fraction of sp³-hybridized carbons (Fsp3) is 0.316. The molecular weight excluding hydrogens is 351 g/mol. The number of nitrogens with one attached hydrogen (secondary N) is 1. The number of piperidine rings is 1. The number of likely N-dealkylation sites (tertiary alicyclic amines) is 1. The van der Waals surface area contributed by atoms with Gasteiger partial charge in [-0.2, -0.15) is 0 Å². The molecule has 3 N–H and O–H groups in total. The third-order valence-corrected chi connectivity index (χ3v) is 4.57. The van der Waals surface area contributed by atoms with Gasteiger partial charge in [0.2, 0.25) is 0 Å². The Labute approximate surface area is 156 Å². The van der Waals surface area contributed by atoms with Crippen LogP contribution in [0.5, 0.6) is 5.75 Å². The predicted molar refractivity (Wildman–Crippen MR) is 98.5 cm³/mol. The lowest BCUT2D eigenvalue weighted by atomic mass is 9.95. The number of methoxy groups -OCH3 is 1. The summed E-state index contributed by atoms with van der Waals surface area (Å²) >= 11 is 0. The number of benzene rings is 1. The zero-order valence-corrected chi connectivity index (χ0v) is 14.9. The SMILES string of the molecule is COc1cc(NC(=O)C(=O)N2CCCC[C@H]2c2ccc(F)cc2)cnc1N. The number of aromatic nitrogens is 1. The minimum Gasteiger partial charge on any atom is -0.493 e. The number of hydrogen-bond donors (Lipinski definition) is 2. The van der Waals surface area contributed by atoms with Crippen molar-refractivity contribution in [3.63, 3.8) is 0 Å². The molecule has 1 aromatic heterocycles. The molecule has 1 aliphatic rings. The zero-order chi connectivity index (χ0) is 19.4. The molecule has 1 aromatic carbocycles. The molecule has 27 heavy (non-hydrogen) atoms. The molecular formula is C19H21FN4O3. The van der Waals surface area contributed by atoms with Gasteiger partial charge in [0.15, 0.2) is 11.6 Å². The van der Waals surface area contributed by atoms with Crippen molar-refractivity contribution >= 4 is 23.3 Å². The van der Waals surface area contributed by atoms with Crippen molar-refractivity contribution in [1.82, 2.24) is 9.88 Å². The number of nitrogens with zero attached hydrogens (tertiary/aromatic N) is 2. The Morgan fingerprint density at radius 1 is 1.30 bits per heavy atom. The van der Waals surface area contributed by atoms with Crippen molar-refractivity contribution in [3.05, 3.63) is 47.9 Å². The van der Waals surface area contributed by atoms with Crippen LogP contribution in [0.2, 0.25) is 0 Å². The van der Waals surface area contributed by atoms with Gasteiger partial charge in [-0.1, -0.05) is 12.1 Å². The first-order chi connectivity index (χ1) is 13.0. The fourth-order valence-electron chi connectivity index (χ4n) is 3.21. The molecule has 0 unspecified atom stereocenters. The standard InChI is InChI=1S/C19H21FN4O3/c1-27-16-10-14(11-22-17(16)21)23-18(25)19(26)24-9-3-2-4-15(24)12-5-7-13(20)8-6-12/h5-8,10-11,15H,2-4,9H2,1H3,(H2,21,22)(H,23,25)/t15-/m0/s1. The molecule has 3 rings (SSSR count). The van der Waals surface area contributed by atoms with E-state index < -0.39 is 11.8 Å². The number of pyridine rings is 1. The molecule has 2 heterocycles. The third kappa shape index (κ3) is 4.16. The average Bonchev–Trinajstić information content (AvgIpc) is 2.69. The lowest BCUT2D eigenvalue weighted by molar-refractivity contribution is -0.145. The maximum Gasteiger partial charge on any atom is 0.313 e. The van der Waals surface area contributed by atoms with Crippen molar-refractivity contribution in [2.24, 2.45) is 0 Å². The van der Waals surface area contributed by atoms with Gasteiger partial charge in [-0.05, 0) is 37.0 Å². The predicted octanol–water partition coefficient (Wildman–Crippen LogP) is 2.50. The van der Waals surface area contributed by atoms with Crippen LogP contribution in [0.4, 0.5) is 15.9 Å². The Morgan fingerprint density at radius 3 is 2.74 bits per heavy atom. The highest BCUT2D eigenvalue weighted by Crippen LogP contribution is 2.31. The largest absolute Gasteiger partial charge is 0.493 e. The number of amides is 2. The summed E-state index contributed by atoms with van der Waals surface area (Å²) in [6, 6.07) is 7.27. The zero-order valence-electron chi connectivity index (χ0n) is 14.9. The number of nitrogens with two attached hydrogens (primary N) is 1. The summed E-state index contributed by atoms with van der Waals surface area (Å²) in [4.78, 5) is 30.7. The smallest absolute Gasteiger partial charge is 0.313 e. The summed E-state index contributed by atoms with van der Waals surface area (Å²) in [6.07, 6.45) is 3.83. The van der Waals surface area contributed by atoms with Gasteiger partial charge in [-0.15, -0.1) is 0 Å². The molecule has 0 saturated carbocycles. The fourth-order valence-corrected chi connectivity index (χ4v) is 3.21. The van der Waals surface area contributed by atoms with E-state index in [4.69, 9.17) is 10.5 Å². The van der Waals surface area contributed by atoms with Gasteiger partial charge in [-0.3, -0.25) is 9.59 Å². The van der Waals surface area contributed by atoms with E-state index in [1.165, 1.54) is 36.4 Å². The second kappa shape index (κ2) is 8.03. The first-order valence-corrected chi connectivity index (χ1v) is 8.66. The highest BCUT2D eigenvalue weighted by atomic mass is 19.1. The number of carbonyl (C=O) groups is 2. The molecule has 142 valence electrons. The Bertz CT molecular complexity index is 841. The van der Waals surface area contributed by atoms with Crippen molar-refractivity contribution in [2.75, 3.05) is 24.7 Å². The maximum atomic E-state index is 13.2. The number of ether oxygens (including phenoxy) is 1. The molecule has 1 saturated heterocycles. The van der Waals surface area contributed by atoms with Crippen LogP contribution in [-0.4, -0.2) is 35.4 Å². The number of carbonyl (C=O) groups excluding carboxylic acids is 2. The number of anilines is 2. The van der Waals surface area contributed by atoms with Gasteiger partial charge in [0.1, 0.15) is 5.82 Å². The normalized spacial score (nSPS) is 16.7. The van der Waals surface area contributed by atoms with E-state index in [1.807, 2.05) is 0 Å². The number of nitrogen functional groups attached to an aromatic ring is 1. The van der Waals surface area contributed by atoms with Crippen molar-refractivity contribution < 1.29 is 18.7 Å². The van der Waals surface area contributed by atoms with E-state index in [-0.39, 0.29) is 17.7 Å². The number of hydrogen-bond acceptors (Lipinski definition) is 5. The van der Waals surface area contributed by atoms with E-state index in [2.05, 4.69) is 10.3 Å². The lowest BCUT2D eigenvalue weighted by Crippen LogP contribution is -2.44. The lowest BCUT2D eigenvalue weighted by Gasteiger charge is -2.35. The van der Waals surface area contributed by atoms with Gasteiger partial charge >= 0.3 is 11.8 Å². The van der Waals surface area contributed by atoms with Crippen LogP contribution < -0.4 is 15.8 Å². The second-order valence-electron chi connectivity index (χ2n) is 6.33. The van der Waals surface area contributed by atoms with Gasteiger partial charge in [0.25, 0.3) is 0 Å². The first-order valence-electron chi connectivity index (χ1n) is 8.66. The summed E-state index contributed by atoms with van der Waals surface area (Å²) in [7, 11) is 1.44. The number of halogens is 1. The molecule has 2 aromatic rings. The van der Waals surface area contributed by atoms with Gasteiger partial charge in [-0.25, -0.2) is 9.37 Å². The Kier molecular flexibility index (Phi) is 5.54. The summed E-state index contributed by atoms with van der Waals surface area (Å²) in [5.41, 5.74) is 6.78. The van der Waals surface area contributed by atoms with Gasteiger partial charge in [0.05, 0.1) is 25.0 Å². The molecule has 0 aliphatic carbocycles. The molecule has 7 nitrogen and oxygen atoms in total. The highest BCUT2D eigenvalue weighted by molar-refractivity contribution is 6.39. The molecule has 2 amide bonds. The maximum absolute atomic E-state index is 13.2. The molecule has 0 spiro atoms. The van der Waals surface area contributed by atoms with Crippen molar-refractivity contribution in [2.45, 2.75) is 25.3 Å². The van der Waals surface area contributed by atoms with E-state index in [0.29, 0.717) is 18.0 Å². The monoisotopic (exact) mass is 372 g/mol. The molecule has 1 atom stereocenters. The Hall–Kier alpha value is -3.16. The summed E-state index contributed by atoms with van der Waals surface area (Å²) < 4.78 is 18.3. The van der Waals surface area contributed by atoms with E-state index >= 15 is 0 Å². The minimum atomic E-state index is -0.766. The topological polar surface area (TPSA) is 97.5 Å². The average molecular weight is 372 g/mol. The van der Waals surface area contributed by atoms with Crippen LogP contribution in [0, 0.1) is 5.82 Å². The van der Waals surface area contributed by atoms with Crippen LogP contribution in [0.15, 0.2) is 36.5 Å². The van der Waals surface area contributed by atoms with Crippen LogP contribution in [-0.2, 0) is 9.59 Å². The molecule has 0 bridgehead atoms. The summed E-state index contributed by atoms with van der Waals surface area (Å²) in [5, 5.41) is 2.53. The molecule has 1 aliphatic heterocycles. The summed E-state index contributed by atoms with van der Waals surface area (Å²) in [5.74, 6) is -1.25. The van der Waals surface area contributed by atoms with E-state index in [0.717, 1.165) is 24.8 Å². The van der Waals surface area contributed by atoms with Crippen molar-refractivity contribution in [1.29, 1.82) is 0 Å².